The third-order valence-electron chi connectivity index (χ3n) is 7.44. The number of nitrogens with zero attached hydrogens (tertiary/aromatic N) is 4. The number of hydrogen-bond donors (Lipinski definition) is 0. The molecule has 6 rings (SSSR count). The molecule has 0 spiro atoms. The largest absolute Gasteiger partial charge is 0.493 e. The van der Waals surface area contributed by atoms with Crippen LogP contribution >= 0.6 is 0 Å². The van der Waals surface area contributed by atoms with Gasteiger partial charge in [-0.15, -0.1) is 0 Å². The van der Waals surface area contributed by atoms with Crippen LogP contribution in [0.5, 0.6) is 5.75 Å². The summed E-state index contributed by atoms with van der Waals surface area (Å²) < 4.78 is 14.2. The molecule has 0 bridgehead atoms. The van der Waals surface area contributed by atoms with Crippen LogP contribution in [0.1, 0.15) is 56.1 Å². The molecule has 5 aromatic rings. The lowest BCUT2D eigenvalue weighted by Gasteiger charge is -2.30. The molecule has 41 heavy (non-hydrogen) atoms. The first-order chi connectivity index (χ1) is 19.6. The molecule has 0 N–H and O–H groups in total. The Bertz CT molecular complexity index is 1860. The smallest absolute Gasteiger partial charge is 0.251 e. The van der Waals surface area contributed by atoms with Gasteiger partial charge in [0.2, 0.25) is 0 Å². The van der Waals surface area contributed by atoms with Gasteiger partial charge in [0.15, 0.2) is 5.78 Å². The first-order valence-corrected chi connectivity index (χ1v) is 13.8. The van der Waals surface area contributed by atoms with Gasteiger partial charge in [0.05, 0.1) is 29.8 Å². The fourth-order valence-electron chi connectivity index (χ4n) is 5.77. The number of benzene rings is 2. The lowest BCUT2D eigenvalue weighted by Crippen LogP contribution is -2.27. The summed E-state index contributed by atoms with van der Waals surface area (Å²) in [5.74, 6) is 0.698. The number of aryl methyl sites for hydroxylation is 1. The molecule has 0 saturated heterocycles. The number of hydrogen-bond acceptors (Lipinski definition) is 7. The van der Waals surface area contributed by atoms with E-state index in [1.165, 1.54) is 11.9 Å². The van der Waals surface area contributed by atoms with E-state index in [1.54, 1.807) is 30.0 Å². The minimum absolute atomic E-state index is 0.0996. The van der Waals surface area contributed by atoms with Crippen molar-refractivity contribution >= 4 is 27.6 Å². The van der Waals surface area contributed by atoms with Gasteiger partial charge in [0, 0.05) is 53.0 Å². The second kappa shape index (κ2) is 10.2. The molecule has 0 saturated carbocycles. The summed E-state index contributed by atoms with van der Waals surface area (Å²) in [6.07, 6.45) is 6.68. The Labute approximate surface area is 238 Å². The number of rotatable bonds is 6. The Morgan fingerprint density at radius 2 is 1.90 bits per heavy atom. The number of pyridine rings is 2. The zero-order valence-corrected chi connectivity index (χ0v) is 23.9. The van der Waals surface area contributed by atoms with E-state index in [0.29, 0.717) is 13.2 Å². The van der Waals surface area contributed by atoms with E-state index in [1.807, 2.05) is 64.2 Å². The van der Waals surface area contributed by atoms with Crippen molar-refractivity contribution < 1.29 is 14.3 Å². The maximum Gasteiger partial charge on any atom is 0.251 e. The van der Waals surface area contributed by atoms with Gasteiger partial charge in [-0.1, -0.05) is 0 Å². The molecular formula is C33H32N4O4. The highest BCUT2D eigenvalue weighted by atomic mass is 16.5. The molecule has 3 aromatic heterocycles. The summed E-state index contributed by atoms with van der Waals surface area (Å²) >= 11 is 0. The molecule has 0 aliphatic carbocycles. The molecule has 4 heterocycles. The number of carbonyl (C=O) groups excluding carboxylic acids is 1. The highest BCUT2D eigenvalue weighted by molar-refractivity contribution is 6.08. The monoisotopic (exact) mass is 548 g/mol. The SMILES string of the molecule is CC(=O)[C@@H](OC(C)(C)C)c1c(C)cc2c(ccc(=O)n2Cc2cncnc2)c1-c1ccc2c3c(ccnc13)CCO2. The third kappa shape index (κ3) is 4.89. The minimum atomic E-state index is -0.820. The molecule has 0 unspecified atom stereocenters. The summed E-state index contributed by atoms with van der Waals surface area (Å²) in [6, 6.07) is 11.4. The van der Waals surface area contributed by atoms with Gasteiger partial charge < -0.3 is 14.0 Å². The van der Waals surface area contributed by atoms with Gasteiger partial charge >= 0.3 is 0 Å². The van der Waals surface area contributed by atoms with Crippen LogP contribution in [0.15, 0.2) is 66.1 Å². The quantitative estimate of drug-likeness (QED) is 0.267. The van der Waals surface area contributed by atoms with Crippen LogP contribution < -0.4 is 10.3 Å². The fourth-order valence-corrected chi connectivity index (χ4v) is 5.77. The number of carbonyl (C=O) groups is 1. The van der Waals surface area contributed by atoms with E-state index in [0.717, 1.165) is 61.8 Å². The van der Waals surface area contributed by atoms with Crippen molar-refractivity contribution in [2.75, 3.05) is 6.61 Å². The average molecular weight is 549 g/mol. The fraction of sp³-hybridized carbons (Fsp3) is 0.303. The van der Waals surface area contributed by atoms with Crippen LogP contribution in [0.4, 0.5) is 0 Å². The number of fused-ring (bicyclic) bond motifs is 1. The van der Waals surface area contributed by atoms with E-state index in [4.69, 9.17) is 14.5 Å². The Morgan fingerprint density at radius 3 is 2.63 bits per heavy atom. The Morgan fingerprint density at radius 1 is 1.12 bits per heavy atom. The first-order valence-electron chi connectivity index (χ1n) is 13.8. The Kier molecular flexibility index (Phi) is 6.66. The standard InChI is InChI=1S/C33H32N4O4/c1-19-14-25-23(7-9-27(39)37(25)17-21-15-34-18-35-16-21)30(28(19)32(20(2)38)41-33(3,4)5)24-6-8-26-29-22(11-13-40-26)10-12-36-31(24)29/h6-10,12,14-16,18,32H,11,13,17H2,1-5H3/t32-/m1/s1. The lowest BCUT2D eigenvalue weighted by atomic mass is 9.85. The first kappa shape index (κ1) is 26.8. The molecule has 1 aliphatic heterocycles. The molecule has 8 heteroatoms. The van der Waals surface area contributed by atoms with Gasteiger partial charge in [-0.3, -0.25) is 14.6 Å². The van der Waals surface area contributed by atoms with Crippen LogP contribution in [0.3, 0.4) is 0 Å². The van der Waals surface area contributed by atoms with Crippen molar-refractivity contribution in [2.24, 2.45) is 0 Å². The van der Waals surface area contributed by atoms with Crippen LogP contribution in [0.2, 0.25) is 0 Å². The van der Waals surface area contributed by atoms with E-state index in [-0.39, 0.29) is 11.3 Å². The predicted molar refractivity (Wildman–Crippen MR) is 158 cm³/mol. The summed E-state index contributed by atoms with van der Waals surface area (Å²) in [5.41, 5.74) is 6.10. The van der Waals surface area contributed by atoms with Crippen molar-refractivity contribution in [2.45, 2.75) is 59.3 Å². The maximum atomic E-state index is 13.3. The predicted octanol–water partition coefficient (Wildman–Crippen LogP) is 5.74. The maximum absolute atomic E-state index is 13.3. The summed E-state index contributed by atoms with van der Waals surface area (Å²) in [4.78, 5) is 39.6. The van der Waals surface area contributed by atoms with Crippen LogP contribution in [-0.2, 0) is 22.5 Å². The highest BCUT2D eigenvalue weighted by Gasteiger charge is 2.31. The topological polar surface area (TPSA) is 96.2 Å². The van der Waals surface area contributed by atoms with Gasteiger partial charge in [-0.25, -0.2) is 9.97 Å². The molecule has 1 aliphatic rings. The van der Waals surface area contributed by atoms with Crippen molar-refractivity contribution in [1.29, 1.82) is 0 Å². The normalized spacial score (nSPS) is 13.8. The number of ketones is 1. The second-order valence-corrected chi connectivity index (χ2v) is 11.5. The average Bonchev–Trinajstić information content (AvgIpc) is 2.94. The van der Waals surface area contributed by atoms with Gasteiger partial charge in [0.1, 0.15) is 18.2 Å². The zero-order valence-electron chi connectivity index (χ0n) is 23.9. The molecule has 1 atom stereocenters. The molecular weight excluding hydrogens is 516 g/mol. The molecule has 0 amide bonds. The van der Waals surface area contributed by atoms with Crippen LogP contribution in [-0.4, -0.2) is 37.5 Å². The van der Waals surface area contributed by atoms with Crippen molar-refractivity contribution in [3.05, 3.63) is 93.9 Å². The van der Waals surface area contributed by atoms with Gasteiger partial charge in [0.25, 0.3) is 5.56 Å². The molecule has 8 nitrogen and oxygen atoms in total. The van der Waals surface area contributed by atoms with E-state index < -0.39 is 11.7 Å². The summed E-state index contributed by atoms with van der Waals surface area (Å²) in [6.45, 7) is 10.3. The third-order valence-corrected chi connectivity index (χ3v) is 7.44. The second-order valence-electron chi connectivity index (χ2n) is 11.5. The molecule has 208 valence electrons. The molecule has 2 aromatic carbocycles. The highest BCUT2D eigenvalue weighted by Crippen LogP contribution is 2.45. The summed E-state index contributed by atoms with van der Waals surface area (Å²) in [7, 11) is 0. The van der Waals surface area contributed by atoms with Crippen LogP contribution in [0, 0.1) is 6.92 Å². The zero-order chi connectivity index (χ0) is 28.9. The lowest BCUT2D eigenvalue weighted by molar-refractivity contribution is -0.138. The molecule has 0 radical (unpaired) electrons. The summed E-state index contributed by atoms with van der Waals surface area (Å²) in [5, 5.41) is 1.80. The number of Topliss-reactive ketones (excluding diaryl/α,β-unsaturated/α-hetero) is 1. The van der Waals surface area contributed by atoms with E-state index >= 15 is 0 Å². The van der Waals surface area contributed by atoms with E-state index in [9.17, 15) is 9.59 Å². The number of aromatic nitrogens is 4. The van der Waals surface area contributed by atoms with Gasteiger partial charge in [-0.2, -0.15) is 0 Å². The van der Waals surface area contributed by atoms with E-state index in [2.05, 4.69) is 9.97 Å². The molecule has 0 fully saturated rings. The van der Waals surface area contributed by atoms with Gasteiger partial charge in [-0.05, 0) is 87.2 Å². The Hall–Kier alpha value is -4.43. The van der Waals surface area contributed by atoms with Crippen molar-refractivity contribution in [1.82, 2.24) is 19.5 Å². The van der Waals surface area contributed by atoms with Crippen molar-refractivity contribution in [3.63, 3.8) is 0 Å². The Balaban J connectivity index is 1.73. The number of ether oxygens (including phenoxy) is 2. The van der Waals surface area contributed by atoms with Crippen LogP contribution in [0.25, 0.3) is 32.9 Å². The van der Waals surface area contributed by atoms with Crippen molar-refractivity contribution in [3.8, 4) is 16.9 Å². The minimum Gasteiger partial charge on any atom is -0.493 e.